The first kappa shape index (κ1) is 22.4. The molecule has 166 valence electrons. The highest BCUT2D eigenvalue weighted by Gasteiger charge is 2.61. The Hall–Kier alpha value is -2.30. The summed E-state index contributed by atoms with van der Waals surface area (Å²) in [4.78, 5) is 11.3. The molecule has 0 radical (unpaired) electrons. The zero-order chi connectivity index (χ0) is 21.8. The molecule has 0 spiro atoms. The second-order valence-corrected chi connectivity index (χ2v) is 7.18. The summed E-state index contributed by atoms with van der Waals surface area (Å²) in [5, 5.41) is 13.1. The predicted octanol–water partition coefficient (Wildman–Crippen LogP) is 3.17. The van der Waals surface area contributed by atoms with Crippen LogP contribution in [0, 0.1) is 0 Å². The molecule has 0 unspecified atom stereocenters. The maximum Gasteiger partial charge on any atom is 0.447 e. The largest absolute Gasteiger partial charge is 0.488 e. The van der Waals surface area contributed by atoms with Gasteiger partial charge >= 0.3 is 17.9 Å². The van der Waals surface area contributed by atoms with E-state index in [0.717, 1.165) is 24.9 Å². The molecular weight excluding hydrogens is 405 g/mol. The Morgan fingerprint density at radius 1 is 1.23 bits per heavy atom. The number of nitrogens with zero attached hydrogens (tertiary/aromatic N) is 2. The van der Waals surface area contributed by atoms with Crippen LogP contribution >= 0.6 is 0 Å². The molecule has 10 heteroatoms. The average Bonchev–Trinajstić information content (AvgIpc) is 3.33. The number of hydrogen-bond acceptors (Lipinski definition) is 6. The van der Waals surface area contributed by atoms with E-state index in [1.807, 2.05) is 10.0 Å². The highest BCUT2D eigenvalue weighted by atomic mass is 19.4. The van der Waals surface area contributed by atoms with E-state index in [0.29, 0.717) is 18.7 Å². The normalized spacial score (nSPS) is 19.2. The number of carbonyl (C=O) groups is 1. The molecule has 0 bridgehead atoms. The lowest BCUT2D eigenvalue weighted by Crippen LogP contribution is -2.51. The highest BCUT2D eigenvalue weighted by molar-refractivity contribution is 5.87. The van der Waals surface area contributed by atoms with Gasteiger partial charge in [0.15, 0.2) is 6.61 Å². The van der Waals surface area contributed by atoms with Gasteiger partial charge in [0, 0.05) is 12.7 Å². The Balaban J connectivity index is 1.61. The summed E-state index contributed by atoms with van der Waals surface area (Å²) in [5.74, 6) is -3.43. The summed E-state index contributed by atoms with van der Waals surface area (Å²) < 4.78 is 54.5. The van der Waals surface area contributed by atoms with Crippen molar-refractivity contribution in [1.82, 2.24) is 10.0 Å². The molecule has 1 saturated heterocycles. The highest BCUT2D eigenvalue weighted by Crippen LogP contribution is 2.38. The van der Waals surface area contributed by atoms with E-state index in [4.69, 9.17) is 14.2 Å². The number of unbranched alkanes of at least 4 members (excludes halogenated alkanes) is 1. The molecule has 2 heterocycles. The smallest absolute Gasteiger partial charge is 0.447 e. The lowest BCUT2D eigenvalue weighted by molar-refractivity contribution is -0.350. The van der Waals surface area contributed by atoms with E-state index >= 15 is 0 Å². The summed E-state index contributed by atoms with van der Waals surface area (Å²) in [6, 6.07) is 6.61. The van der Waals surface area contributed by atoms with Crippen LogP contribution in [0.1, 0.15) is 25.3 Å². The van der Waals surface area contributed by atoms with Crippen molar-refractivity contribution in [3.05, 3.63) is 41.6 Å². The van der Waals surface area contributed by atoms with Gasteiger partial charge in [-0.2, -0.15) is 13.2 Å². The number of hydrazine groups is 1. The quantitative estimate of drug-likeness (QED) is 0.645. The lowest BCUT2D eigenvalue weighted by atomic mass is 10.2. The second kappa shape index (κ2) is 9.23. The minimum absolute atomic E-state index is 0.141. The molecule has 1 fully saturated rings. The molecule has 7 nitrogen and oxygen atoms in total. The van der Waals surface area contributed by atoms with Gasteiger partial charge in [-0.1, -0.05) is 25.5 Å². The molecule has 0 aliphatic carbocycles. The Morgan fingerprint density at radius 3 is 2.47 bits per heavy atom. The maximum atomic E-state index is 13.2. The molecule has 30 heavy (non-hydrogen) atoms. The van der Waals surface area contributed by atoms with Gasteiger partial charge in [-0.3, -0.25) is 0 Å². The van der Waals surface area contributed by atoms with Crippen molar-refractivity contribution in [3.8, 4) is 5.75 Å². The molecule has 1 N–H and O–H groups in total. The minimum Gasteiger partial charge on any atom is -0.488 e. The first-order valence-electron chi connectivity index (χ1n) is 9.76. The maximum absolute atomic E-state index is 13.2. The van der Waals surface area contributed by atoms with Crippen molar-refractivity contribution in [2.24, 2.45) is 0 Å². The molecule has 0 aromatic heterocycles. The molecule has 0 atom stereocenters. The van der Waals surface area contributed by atoms with E-state index < -0.39 is 24.5 Å². The van der Waals surface area contributed by atoms with Crippen LogP contribution < -0.4 is 4.74 Å². The van der Waals surface area contributed by atoms with Crippen LogP contribution in [0.5, 0.6) is 5.75 Å². The molecule has 1 aromatic rings. The fourth-order valence-corrected chi connectivity index (χ4v) is 3.25. The third-order valence-electron chi connectivity index (χ3n) is 4.95. The van der Waals surface area contributed by atoms with Crippen LogP contribution in [0.15, 0.2) is 36.0 Å². The zero-order valence-corrected chi connectivity index (χ0v) is 16.7. The van der Waals surface area contributed by atoms with Crippen molar-refractivity contribution >= 4 is 5.97 Å². The monoisotopic (exact) mass is 430 g/mol. The van der Waals surface area contributed by atoms with E-state index in [2.05, 4.69) is 6.92 Å². The third-order valence-corrected chi connectivity index (χ3v) is 4.95. The number of carboxylic acid groups (broad SMARTS) is 1. The van der Waals surface area contributed by atoms with Crippen molar-refractivity contribution in [3.63, 3.8) is 0 Å². The number of rotatable bonds is 9. The van der Waals surface area contributed by atoms with Gasteiger partial charge in [-0.05, 0) is 24.1 Å². The average molecular weight is 430 g/mol. The Bertz CT molecular complexity index is 761. The Kier molecular flexibility index (Phi) is 6.89. The zero-order valence-electron chi connectivity index (χ0n) is 16.7. The van der Waals surface area contributed by atoms with E-state index in [-0.39, 0.29) is 19.0 Å². The van der Waals surface area contributed by atoms with Gasteiger partial charge < -0.3 is 24.3 Å². The van der Waals surface area contributed by atoms with Crippen molar-refractivity contribution in [2.75, 3.05) is 32.9 Å². The molecular formula is C20H25F3N2O5. The van der Waals surface area contributed by atoms with Crippen molar-refractivity contribution < 1.29 is 37.3 Å². The Labute approximate surface area is 172 Å². The van der Waals surface area contributed by atoms with Crippen LogP contribution in [0.2, 0.25) is 0 Å². The molecule has 1 aromatic carbocycles. The fourth-order valence-electron chi connectivity index (χ4n) is 3.25. The van der Waals surface area contributed by atoms with Crippen molar-refractivity contribution in [1.29, 1.82) is 0 Å². The number of benzene rings is 1. The second-order valence-electron chi connectivity index (χ2n) is 7.18. The van der Waals surface area contributed by atoms with Gasteiger partial charge in [-0.15, -0.1) is 0 Å². The predicted molar refractivity (Wildman–Crippen MR) is 100 cm³/mol. The summed E-state index contributed by atoms with van der Waals surface area (Å²) in [6.45, 7) is 2.52. The lowest BCUT2D eigenvalue weighted by Gasteiger charge is -2.29. The van der Waals surface area contributed by atoms with Gasteiger partial charge in [0.2, 0.25) is 0 Å². The van der Waals surface area contributed by atoms with Gasteiger partial charge in [0.05, 0.1) is 31.9 Å². The van der Waals surface area contributed by atoms with Crippen LogP contribution in [0.3, 0.4) is 0 Å². The molecule has 2 aliphatic rings. The molecule has 0 saturated carbocycles. The fraction of sp³-hybridized carbons (Fsp3) is 0.550. The van der Waals surface area contributed by atoms with Crippen molar-refractivity contribution in [2.45, 2.75) is 38.3 Å². The summed E-state index contributed by atoms with van der Waals surface area (Å²) >= 11 is 0. The van der Waals surface area contributed by atoms with Crippen LogP contribution in [-0.4, -0.2) is 66.0 Å². The standard InChI is InChI=1S/C20H25F3N2O5/c1-2-3-8-24-12-16(18(26)27)13-25(24)11-15-4-6-17(7-5-15)28-14-19(20(21,22)23)29-9-10-30-19/h4-7,13H,2-3,8-12,14H2,1H3,(H,26,27). The van der Waals surface area contributed by atoms with Crippen LogP contribution in [0.25, 0.3) is 0 Å². The van der Waals surface area contributed by atoms with E-state index in [1.165, 1.54) is 0 Å². The molecule has 2 aliphatic heterocycles. The first-order chi connectivity index (χ1) is 14.2. The third kappa shape index (κ3) is 5.05. The number of ether oxygens (including phenoxy) is 3. The first-order valence-corrected chi connectivity index (χ1v) is 9.76. The number of halogens is 3. The van der Waals surface area contributed by atoms with E-state index in [1.54, 1.807) is 30.5 Å². The number of aliphatic carboxylic acids is 1. The number of hydrogen-bond donors (Lipinski definition) is 1. The SMILES string of the molecule is CCCCN1CC(C(=O)O)=CN1Cc1ccc(OCC2(C(F)(F)F)OCCO2)cc1. The van der Waals surface area contributed by atoms with Crippen LogP contribution in [0.4, 0.5) is 13.2 Å². The molecule has 3 rings (SSSR count). The molecule has 0 amide bonds. The van der Waals surface area contributed by atoms with Gasteiger partial charge in [0.25, 0.3) is 0 Å². The number of alkyl halides is 3. The van der Waals surface area contributed by atoms with Gasteiger partial charge in [-0.25, -0.2) is 9.80 Å². The number of carboxylic acids is 1. The summed E-state index contributed by atoms with van der Waals surface area (Å²) in [7, 11) is 0. The topological polar surface area (TPSA) is 71.5 Å². The van der Waals surface area contributed by atoms with E-state index in [9.17, 15) is 23.1 Å². The Morgan fingerprint density at radius 2 is 1.90 bits per heavy atom. The summed E-state index contributed by atoms with van der Waals surface area (Å²) in [6.07, 6.45) is -1.15. The van der Waals surface area contributed by atoms with Crippen LogP contribution in [-0.2, 0) is 20.8 Å². The summed E-state index contributed by atoms with van der Waals surface area (Å²) in [5.41, 5.74) is 1.19. The minimum atomic E-state index is -4.70. The van der Waals surface area contributed by atoms with Gasteiger partial charge in [0.1, 0.15) is 5.75 Å².